The van der Waals surface area contributed by atoms with Gasteiger partial charge in [-0.2, -0.15) is 0 Å². The van der Waals surface area contributed by atoms with E-state index in [-0.39, 0.29) is 0 Å². The molecule has 1 aromatic carbocycles. The third-order valence-electron chi connectivity index (χ3n) is 3.42. The molecule has 0 radical (unpaired) electrons. The van der Waals surface area contributed by atoms with Crippen LogP contribution in [0.3, 0.4) is 0 Å². The maximum absolute atomic E-state index is 10.1. The highest BCUT2D eigenvalue weighted by atomic mass is 16.4. The predicted octanol–water partition coefficient (Wildman–Crippen LogP) is 5.52. The Balaban J connectivity index is 0.000000388. The highest BCUT2D eigenvalue weighted by molar-refractivity contribution is 5.66. The predicted molar refractivity (Wildman–Crippen MR) is 86.2 cm³/mol. The van der Waals surface area contributed by atoms with Gasteiger partial charge in [0, 0.05) is 6.42 Å². The third-order valence-corrected chi connectivity index (χ3v) is 3.42. The Kier molecular flexibility index (Phi) is 11.9. The van der Waals surface area contributed by atoms with Crippen molar-refractivity contribution in [3.8, 4) is 0 Å². The fourth-order valence-corrected chi connectivity index (χ4v) is 1.90. The summed E-state index contributed by atoms with van der Waals surface area (Å²) in [7, 11) is 0. The molecule has 0 saturated carbocycles. The van der Waals surface area contributed by atoms with E-state index in [2.05, 4.69) is 45.0 Å². The van der Waals surface area contributed by atoms with Crippen LogP contribution in [0.4, 0.5) is 0 Å². The van der Waals surface area contributed by atoms with Crippen LogP contribution in [0, 0.1) is 13.8 Å². The Morgan fingerprint density at radius 2 is 1.35 bits per heavy atom. The first kappa shape index (κ1) is 18.7. The summed E-state index contributed by atoms with van der Waals surface area (Å²) >= 11 is 0. The summed E-state index contributed by atoms with van der Waals surface area (Å²) in [5.41, 5.74) is 2.74. The van der Waals surface area contributed by atoms with E-state index in [4.69, 9.17) is 5.11 Å². The number of aliphatic carboxylic acids is 1. The van der Waals surface area contributed by atoms with Gasteiger partial charge in [-0.15, -0.1) is 0 Å². The van der Waals surface area contributed by atoms with Crippen molar-refractivity contribution >= 4 is 5.97 Å². The van der Waals surface area contributed by atoms with Gasteiger partial charge >= 0.3 is 5.97 Å². The molecule has 0 aromatic heterocycles. The van der Waals surface area contributed by atoms with Crippen LogP contribution < -0.4 is 0 Å². The van der Waals surface area contributed by atoms with Crippen LogP contribution in [0.25, 0.3) is 0 Å². The molecule has 0 atom stereocenters. The minimum atomic E-state index is -0.663. The van der Waals surface area contributed by atoms with Crippen LogP contribution in [-0.4, -0.2) is 11.1 Å². The third kappa shape index (κ3) is 11.8. The number of hydrogen-bond acceptors (Lipinski definition) is 1. The van der Waals surface area contributed by atoms with Crippen molar-refractivity contribution in [3.05, 3.63) is 35.4 Å². The summed E-state index contributed by atoms with van der Waals surface area (Å²) in [4.78, 5) is 10.1. The number of carboxylic acid groups (broad SMARTS) is 1. The molecule has 0 heterocycles. The molecular weight excluding hydrogens is 248 g/mol. The van der Waals surface area contributed by atoms with Crippen LogP contribution in [0.1, 0.15) is 69.4 Å². The van der Waals surface area contributed by atoms with Gasteiger partial charge in [-0.25, -0.2) is 0 Å². The van der Waals surface area contributed by atoms with Gasteiger partial charge in [-0.3, -0.25) is 4.79 Å². The average Bonchev–Trinajstić information content (AvgIpc) is 2.42. The Hall–Kier alpha value is -1.31. The second kappa shape index (κ2) is 12.7. The van der Waals surface area contributed by atoms with E-state index in [0.29, 0.717) is 6.42 Å². The fourth-order valence-electron chi connectivity index (χ4n) is 1.90. The van der Waals surface area contributed by atoms with E-state index in [1.807, 2.05) is 0 Å². The lowest BCUT2D eigenvalue weighted by molar-refractivity contribution is -0.137. The Morgan fingerprint density at radius 1 is 0.900 bits per heavy atom. The average molecular weight is 278 g/mol. The second-order valence-electron chi connectivity index (χ2n) is 5.35. The van der Waals surface area contributed by atoms with Gasteiger partial charge < -0.3 is 5.11 Å². The quantitative estimate of drug-likeness (QED) is 0.636. The summed E-state index contributed by atoms with van der Waals surface area (Å²) in [6.07, 6.45) is 8.64. The molecule has 0 spiro atoms. The number of aryl methyl sites for hydroxylation is 2. The molecule has 0 aliphatic heterocycles. The van der Waals surface area contributed by atoms with Gasteiger partial charge in [-0.1, -0.05) is 69.7 Å². The van der Waals surface area contributed by atoms with Crippen molar-refractivity contribution in [1.29, 1.82) is 0 Å². The molecule has 2 heteroatoms. The van der Waals surface area contributed by atoms with Crippen molar-refractivity contribution in [2.75, 3.05) is 0 Å². The van der Waals surface area contributed by atoms with Crippen LogP contribution in [-0.2, 0) is 4.79 Å². The first-order valence-corrected chi connectivity index (χ1v) is 7.82. The minimum absolute atomic E-state index is 0.341. The monoisotopic (exact) mass is 278 g/mol. The van der Waals surface area contributed by atoms with Gasteiger partial charge in [0.05, 0.1) is 0 Å². The molecule has 1 rings (SSSR count). The van der Waals surface area contributed by atoms with Crippen LogP contribution in [0.5, 0.6) is 0 Å². The van der Waals surface area contributed by atoms with Crippen LogP contribution >= 0.6 is 0 Å². The fraction of sp³-hybridized carbons (Fsp3) is 0.611. The summed E-state index contributed by atoms with van der Waals surface area (Å²) < 4.78 is 0. The van der Waals surface area contributed by atoms with Gasteiger partial charge in [0.1, 0.15) is 0 Å². The smallest absolute Gasteiger partial charge is 0.303 e. The van der Waals surface area contributed by atoms with Crippen molar-refractivity contribution in [1.82, 2.24) is 0 Å². The summed E-state index contributed by atoms with van der Waals surface area (Å²) in [5.74, 6) is -0.663. The summed E-state index contributed by atoms with van der Waals surface area (Å²) in [5, 5.41) is 8.35. The van der Waals surface area contributed by atoms with Gasteiger partial charge in [0.25, 0.3) is 0 Å². The lowest BCUT2D eigenvalue weighted by Gasteiger charge is -1.98. The molecule has 0 aliphatic rings. The minimum Gasteiger partial charge on any atom is -0.481 e. The Morgan fingerprint density at radius 3 is 1.75 bits per heavy atom. The largest absolute Gasteiger partial charge is 0.481 e. The van der Waals surface area contributed by atoms with Gasteiger partial charge in [0.15, 0.2) is 0 Å². The molecule has 0 fully saturated rings. The molecular formula is C18H30O2. The summed E-state index contributed by atoms with van der Waals surface area (Å²) in [6, 6.07) is 8.36. The lowest BCUT2D eigenvalue weighted by Crippen LogP contribution is -1.93. The Bertz CT molecular complexity index is 337. The zero-order valence-electron chi connectivity index (χ0n) is 13.3. The maximum Gasteiger partial charge on any atom is 0.303 e. The van der Waals surface area contributed by atoms with E-state index in [0.717, 1.165) is 12.8 Å². The van der Waals surface area contributed by atoms with Gasteiger partial charge in [0.2, 0.25) is 0 Å². The van der Waals surface area contributed by atoms with Crippen molar-refractivity contribution in [3.63, 3.8) is 0 Å². The first-order chi connectivity index (χ1) is 9.57. The second-order valence-corrected chi connectivity index (χ2v) is 5.35. The number of rotatable bonds is 8. The molecule has 20 heavy (non-hydrogen) atoms. The zero-order chi connectivity index (χ0) is 15.2. The molecule has 114 valence electrons. The van der Waals surface area contributed by atoms with Crippen molar-refractivity contribution in [2.24, 2.45) is 0 Å². The van der Waals surface area contributed by atoms with E-state index in [1.54, 1.807) is 0 Å². The topological polar surface area (TPSA) is 37.3 Å². The molecule has 2 nitrogen and oxygen atoms in total. The highest BCUT2D eigenvalue weighted by Crippen LogP contribution is 2.08. The van der Waals surface area contributed by atoms with E-state index < -0.39 is 5.97 Å². The molecule has 0 bridgehead atoms. The standard InChI is InChI=1S/C10H20O2.C8H10/c1-2-3-4-5-6-7-8-9-10(11)12;1-7-5-3-4-6-8(7)2/h2-9H2,1H3,(H,11,12);3-6H,1-2H3. The van der Waals surface area contributed by atoms with E-state index >= 15 is 0 Å². The Labute approximate surface area is 124 Å². The molecule has 0 unspecified atom stereocenters. The summed E-state index contributed by atoms with van der Waals surface area (Å²) in [6.45, 7) is 6.44. The number of carboxylic acids is 1. The normalized spacial score (nSPS) is 9.75. The number of hydrogen-bond donors (Lipinski definition) is 1. The zero-order valence-corrected chi connectivity index (χ0v) is 13.3. The van der Waals surface area contributed by atoms with Crippen LogP contribution in [0.2, 0.25) is 0 Å². The maximum atomic E-state index is 10.1. The van der Waals surface area contributed by atoms with E-state index in [1.165, 1.54) is 43.2 Å². The number of benzene rings is 1. The molecule has 0 amide bonds. The van der Waals surface area contributed by atoms with Crippen LogP contribution in [0.15, 0.2) is 24.3 Å². The SMILES string of the molecule is CCCCCCCCCC(=O)O.Cc1ccccc1C. The van der Waals surface area contributed by atoms with Gasteiger partial charge in [-0.05, 0) is 31.4 Å². The van der Waals surface area contributed by atoms with Crippen molar-refractivity contribution < 1.29 is 9.90 Å². The number of carbonyl (C=O) groups is 1. The highest BCUT2D eigenvalue weighted by Gasteiger charge is 1.95. The lowest BCUT2D eigenvalue weighted by atomic mass is 10.1. The van der Waals surface area contributed by atoms with E-state index in [9.17, 15) is 4.79 Å². The van der Waals surface area contributed by atoms with Crippen molar-refractivity contribution in [2.45, 2.75) is 72.1 Å². The molecule has 0 aliphatic carbocycles. The molecule has 1 aromatic rings. The molecule has 1 N–H and O–H groups in total. The number of unbranched alkanes of at least 4 members (excludes halogenated alkanes) is 6. The first-order valence-electron chi connectivity index (χ1n) is 7.82. The molecule has 0 saturated heterocycles.